The van der Waals surface area contributed by atoms with Crippen LogP contribution in [-0.2, 0) is 4.79 Å². The molecule has 0 aliphatic carbocycles. The third kappa shape index (κ3) is 3.98. The molecule has 1 aromatic carbocycles. The van der Waals surface area contributed by atoms with Crippen LogP contribution in [0.5, 0.6) is 11.5 Å². The molecule has 21 heavy (non-hydrogen) atoms. The Morgan fingerprint density at radius 2 is 1.81 bits per heavy atom. The monoisotopic (exact) mass is 293 g/mol. The number of carbonyl (C=O) groups excluding carboxylic acids is 1. The fraction of sp³-hybridized carbons (Fsp3) is 0.333. The first kappa shape index (κ1) is 16.6. The Hall–Kier alpha value is -2.50. The number of ether oxygens (including phenoxy) is 2. The molecule has 0 aliphatic heterocycles. The number of anilines is 1. The molecule has 0 aliphatic rings. The van der Waals surface area contributed by atoms with E-state index in [1.165, 1.54) is 26.4 Å². The van der Waals surface area contributed by atoms with E-state index in [0.717, 1.165) is 6.42 Å². The van der Waals surface area contributed by atoms with Crippen LogP contribution in [0.2, 0.25) is 0 Å². The number of hydrogen-bond donors (Lipinski definition) is 2. The van der Waals surface area contributed by atoms with Crippen LogP contribution in [0.15, 0.2) is 23.8 Å². The smallest absolute Gasteiger partial charge is 0.337 e. The normalized spacial score (nSPS) is 11.0. The lowest BCUT2D eigenvalue weighted by Gasteiger charge is -2.13. The topological polar surface area (TPSA) is 84.9 Å². The summed E-state index contributed by atoms with van der Waals surface area (Å²) in [6.07, 6.45) is 2.48. The van der Waals surface area contributed by atoms with Crippen molar-refractivity contribution < 1.29 is 24.2 Å². The summed E-state index contributed by atoms with van der Waals surface area (Å²) >= 11 is 0. The maximum atomic E-state index is 12.0. The van der Waals surface area contributed by atoms with E-state index in [-0.39, 0.29) is 22.9 Å². The number of amides is 1. The van der Waals surface area contributed by atoms with Crippen molar-refractivity contribution in [1.82, 2.24) is 0 Å². The van der Waals surface area contributed by atoms with E-state index in [1.54, 1.807) is 13.0 Å². The minimum absolute atomic E-state index is 0.0645. The van der Waals surface area contributed by atoms with Crippen molar-refractivity contribution in [2.45, 2.75) is 20.3 Å². The summed E-state index contributed by atoms with van der Waals surface area (Å²) in [5.74, 6) is -0.890. The van der Waals surface area contributed by atoms with Gasteiger partial charge in [-0.15, -0.1) is 0 Å². The van der Waals surface area contributed by atoms with Gasteiger partial charge in [-0.1, -0.05) is 13.0 Å². The molecule has 1 amide bonds. The Morgan fingerprint density at radius 3 is 2.29 bits per heavy atom. The number of carboxylic acids is 1. The van der Waals surface area contributed by atoms with Gasteiger partial charge in [-0.2, -0.15) is 0 Å². The van der Waals surface area contributed by atoms with E-state index in [9.17, 15) is 14.7 Å². The molecule has 0 heterocycles. The maximum absolute atomic E-state index is 12.0. The van der Waals surface area contributed by atoms with Gasteiger partial charge in [0.2, 0.25) is 0 Å². The van der Waals surface area contributed by atoms with Crippen LogP contribution in [0.4, 0.5) is 5.69 Å². The number of rotatable bonds is 6. The first-order valence-electron chi connectivity index (χ1n) is 6.42. The van der Waals surface area contributed by atoms with E-state index in [2.05, 4.69) is 5.32 Å². The lowest BCUT2D eigenvalue weighted by Crippen LogP contribution is -2.16. The summed E-state index contributed by atoms with van der Waals surface area (Å²) in [5.41, 5.74) is 0.614. The number of nitrogens with one attached hydrogen (secondary N) is 1. The molecule has 0 spiro atoms. The van der Waals surface area contributed by atoms with Crippen molar-refractivity contribution in [3.63, 3.8) is 0 Å². The number of benzene rings is 1. The van der Waals surface area contributed by atoms with Crippen LogP contribution < -0.4 is 14.8 Å². The van der Waals surface area contributed by atoms with Crippen molar-refractivity contribution in [3.05, 3.63) is 29.3 Å². The molecule has 0 atom stereocenters. The Labute approximate surface area is 123 Å². The van der Waals surface area contributed by atoms with Crippen molar-refractivity contribution in [3.8, 4) is 11.5 Å². The van der Waals surface area contributed by atoms with Crippen molar-refractivity contribution in [1.29, 1.82) is 0 Å². The molecule has 0 fully saturated rings. The van der Waals surface area contributed by atoms with Gasteiger partial charge in [0.15, 0.2) is 11.5 Å². The summed E-state index contributed by atoms with van der Waals surface area (Å²) in [7, 11) is 2.85. The van der Waals surface area contributed by atoms with Gasteiger partial charge in [-0.3, -0.25) is 4.79 Å². The van der Waals surface area contributed by atoms with Gasteiger partial charge in [0.1, 0.15) is 0 Å². The number of aromatic carboxylic acids is 1. The highest BCUT2D eigenvalue weighted by Gasteiger charge is 2.18. The molecule has 114 valence electrons. The molecule has 0 unspecified atom stereocenters. The van der Waals surface area contributed by atoms with Gasteiger partial charge in [0.05, 0.1) is 25.5 Å². The van der Waals surface area contributed by atoms with Gasteiger partial charge in [0, 0.05) is 17.7 Å². The third-order valence-corrected chi connectivity index (χ3v) is 2.87. The zero-order valence-electron chi connectivity index (χ0n) is 12.5. The molecule has 1 rings (SSSR count). The van der Waals surface area contributed by atoms with Gasteiger partial charge < -0.3 is 19.9 Å². The molecule has 1 aromatic rings. The predicted molar refractivity (Wildman–Crippen MR) is 79.2 cm³/mol. The van der Waals surface area contributed by atoms with E-state index in [1.807, 2.05) is 6.92 Å². The highest BCUT2D eigenvalue weighted by molar-refractivity contribution is 6.07. The fourth-order valence-electron chi connectivity index (χ4n) is 1.78. The Balaban J connectivity index is 3.24. The third-order valence-electron chi connectivity index (χ3n) is 2.87. The summed E-state index contributed by atoms with van der Waals surface area (Å²) in [6, 6.07) is 2.75. The Kier molecular flexibility index (Phi) is 5.78. The van der Waals surface area contributed by atoms with Crippen LogP contribution in [-0.4, -0.2) is 31.2 Å². The maximum Gasteiger partial charge on any atom is 0.337 e. The minimum Gasteiger partial charge on any atom is -0.493 e. The summed E-state index contributed by atoms with van der Waals surface area (Å²) in [5, 5.41) is 11.8. The first-order chi connectivity index (χ1) is 9.94. The molecule has 6 nitrogen and oxygen atoms in total. The molecule has 0 radical (unpaired) electrons. The second kappa shape index (κ2) is 7.33. The van der Waals surface area contributed by atoms with Gasteiger partial charge in [-0.05, 0) is 13.3 Å². The second-order valence-electron chi connectivity index (χ2n) is 4.31. The van der Waals surface area contributed by atoms with Gasteiger partial charge >= 0.3 is 5.97 Å². The second-order valence-corrected chi connectivity index (χ2v) is 4.31. The lowest BCUT2D eigenvalue weighted by atomic mass is 10.1. The lowest BCUT2D eigenvalue weighted by molar-refractivity contribution is -0.112. The van der Waals surface area contributed by atoms with E-state index < -0.39 is 5.97 Å². The molecule has 6 heteroatoms. The van der Waals surface area contributed by atoms with Gasteiger partial charge in [0.25, 0.3) is 5.91 Å². The van der Waals surface area contributed by atoms with Crippen LogP contribution in [0.3, 0.4) is 0 Å². The minimum atomic E-state index is -1.16. The first-order valence-corrected chi connectivity index (χ1v) is 6.42. The molecular weight excluding hydrogens is 274 g/mol. The van der Waals surface area contributed by atoms with Crippen LogP contribution in [0, 0.1) is 0 Å². The summed E-state index contributed by atoms with van der Waals surface area (Å²) in [6.45, 7) is 3.58. The SMILES string of the molecule is CC/C=C(\C)C(=O)Nc1cc(OC)c(OC)cc1C(=O)O. The summed E-state index contributed by atoms with van der Waals surface area (Å²) in [4.78, 5) is 23.3. The largest absolute Gasteiger partial charge is 0.493 e. The van der Waals surface area contributed by atoms with Crippen molar-refractivity contribution in [2.75, 3.05) is 19.5 Å². The van der Waals surface area contributed by atoms with Crippen LogP contribution in [0.25, 0.3) is 0 Å². The van der Waals surface area contributed by atoms with E-state index >= 15 is 0 Å². The Morgan fingerprint density at radius 1 is 1.24 bits per heavy atom. The summed E-state index contributed by atoms with van der Waals surface area (Å²) < 4.78 is 10.2. The molecule has 0 saturated heterocycles. The Bertz CT molecular complexity index is 578. The highest BCUT2D eigenvalue weighted by atomic mass is 16.5. The van der Waals surface area contributed by atoms with E-state index in [0.29, 0.717) is 11.3 Å². The number of hydrogen-bond acceptors (Lipinski definition) is 4. The zero-order chi connectivity index (χ0) is 16.0. The number of carboxylic acid groups (broad SMARTS) is 1. The average Bonchev–Trinajstić information content (AvgIpc) is 2.46. The quantitative estimate of drug-likeness (QED) is 0.788. The highest BCUT2D eigenvalue weighted by Crippen LogP contribution is 2.33. The molecule has 0 bridgehead atoms. The molecule has 0 saturated carbocycles. The van der Waals surface area contributed by atoms with Crippen molar-refractivity contribution in [2.24, 2.45) is 0 Å². The van der Waals surface area contributed by atoms with Gasteiger partial charge in [-0.25, -0.2) is 4.79 Å². The molecule has 0 aromatic heterocycles. The molecule has 2 N–H and O–H groups in total. The van der Waals surface area contributed by atoms with Crippen LogP contribution in [0.1, 0.15) is 30.6 Å². The number of allylic oxidation sites excluding steroid dienone is 1. The predicted octanol–water partition coefficient (Wildman–Crippen LogP) is 2.70. The number of methoxy groups -OCH3 is 2. The standard InChI is InChI=1S/C15H19NO5/c1-5-6-9(2)14(17)16-11-8-13(21-4)12(20-3)7-10(11)15(18)19/h6-8H,5H2,1-4H3,(H,16,17)(H,18,19)/b9-6+. The fourth-order valence-corrected chi connectivity index (χ4v) is 1.78. The zero-order valence-corrected chi connectivity index (χ0v) is 12.5. The van der Waals surface area contributed by atoms with E-state index in [4.69, 9.17) is 9.47 Å². The number of carbonyl (C=O) groups is 2. The molecular formula is C15H19NO5. The van der Waals surface area contributed by atoms with Crippen LogP contribution >= 0.6 is 0 Å². The average molecular weight is 293 g/mol. The van der Waals surface area contributed by atoms with Crippen molar-refractivity contribution >= 4 is 17.6 Å².